The molecule has 3 rings (SSSR count). The minimum Gasteiger partial charge on any atom is -0.405 e. The molecule has 3 aromatic rings. The number of carbonyl (C=O) groups is 1. The molecule has 0 fully saturated rings. The van der Waals surface area contributed by atoms with Crippen LogP contribution in [-0.2, 0) is 19.5 Å². The van der Waals surface area contributed by atoms with Crippen molar-refractivity contribution in [3.63, 3.8) is 0 Å². The quantitative estimate of drug-likeness (QED) is 0.568. The predicted octanol–water partition coefficient (Wildman–Crippen LogP) is 1.36. The Morgan fingerprint density at radius 2 is 2.03 bits per heavy atom. The number of nitrogens with one attached hydrogen (secondary N) is 2. The topological polar surface area (TPSA) is 132 Å². The van der Waals surface area contributed by atoms with Crippen molar-refractivity contribution in [3.05, 3.63) is 74.1 Å². The number of carbonyl (C=O) groups excluding carboxylic acids is 1. The number of ether oxygens (including phenoxy) is 1. The Balaban J connectivity index is 1.73. The lowest BCUT2D eigenvalue weighted by molar-refractivity contribution is -0.274. The first-order valence-corrected chi connectivity index (χ1v) is 8.93. The second-order valence-corrected chi connectivity index (χ2v) is 6.21. The molecule has 0 spiro atoms. The van der Waals surface area contributed by atoms with Gasteiger partial charge < -0.3 is 19.6 Å². The third-order valence-electron chi connectivity index (χ3n) is 4.02. The van der Waals surface area contributed by atoms with Gasteiger partial charge in [0.2, 0.25) is 5.89 Å². The summed E-state index contributed by atoms with van der Waals surface area (Å²) >= 11 is 0. The molecular formula is C18H16F3N5O5. The van der Waals surface area contributed by atoms with E-state index in [1.165, 1.54) is 18.2 Å². The lowest BCUT2D eigenvalue weighted by Crippen LogP contribution is -2.38. The van der Waals surface area contributed by atoms with E-state index in [9.17, 15) is 27.6 Å². The lowest BCUT2D eigenvalue weighted by Gasteiger charge is -2.13. The maximum absolute atomic E-state index is 12.5. The molecule has 0 aliphatic rings. The zero-order valence-electron chi connectivity index (χ0n) is 16.0. The van der Waals surface area contributed by atoms with E-state index in [1.54, 1.807) is 6.92 Å². The Hall–Kier alpha value is -3.90. The second kappa shape index (κ2) is 8.85. The Labute approximate surface area is 171 Å². The number of hydrogen-bond donors (Lipinski definition) is 2. The molecule has 0 aliphatic heterocycles. The van der Waals surface area contributed by atoms with Gasteiger partial charge in [0, 0.05) is 24.6 Å². The average Bonchev–Trinajstić information content (AvgIpc) is 3.16. The summed E-state index contributed by atoms with van der Waals surface area (Å²) in [5.74, 6) is -0.896. The van der Waals surface area contributed by atoms with E-state index in [0.29, 0.717) is 12.2 Å². The zero-order valence-corrected chi connectivity index (χ0v) is 16.0. The van der Waals surface area contributed by atoms with Crippen LogP contribution in [0.5, 0.6) is 5.75 Å². The maximum Gasteiger partial charge on any atom is 0.573 e. The fraction of sp³-hybridized carbons (Fsp3) is 0.278. The van der Waals surface area contributed by atoms with Crippen LogP contribution in [0.25, 0.3) is 0 Å². The number of nitrogens with zero attached hydrogens (tertiary/aromatic N) is 3. The molecule has 1 amide bonds. The minimum atomic E-state index is -4.90. The number of aryl methyl sites for hydroxylation is 1. The molecule has 1 aromatic carbocycles. The Bertz CT molecular complexity index is 1170. The van der Waals surface area contributed by atoms with Gasteiger partial charge in [-0.2, -0.15) is 4.98 Å². The number of halogens is 3. The standard InChI is InChI=1S/C18H16F3N5O5/c1-2-13-24-14(31-25-13)9-26-15(27)7-11(23-17(26)29)16(28)22-8-10-5-3-4-6-12(10)30-18(19,20)21/h3-7H,2,8-9H2,1H3,(H,22,28)(H,23,29). The van der Waals surface area contributed by atoms with Gasteiger partial charge in [-0.15, -0.1) is 13.2 Å². The van der Waals surface area contributed by atoms with Gasteiger partial charge in [-0.05, 0) is 6.07 Å². The fourth-order valence-electron chi connectivity index (χ4n) is 2.57. The first kappa shape index (κ1) is 21.8. The molecule has 164 valence electrons. The summed E-state index contributed by atoms with van der Waals surface area (Å²) in [6.45, 7) is 1.18. The Kier molecular flexibility index (Phi) is 6.22. The van der Waals surface area contributed by atoms with Crippen LogP contribution in [0.2, 0.25) is 0 Å². The molecule has 31 heavy (non-hydrogen) atoms. The molecule has 2 N–H and O–H groups in total. The highest BCUT2D eigenvalue weighted by Gasteiger charge is 2.32. The van der Waals surface area contributed by atoms with Gasteiger partial charge in [-0.25, -0.2) is 4.79 Å². The minimum absolute atomic E-state index is 0.0444. The molecule has 10 nitrogen and oxygen atoms in total. The number of hydrogen-bond acceptors (Lipinski definition) is 7. The van der Waals surface area contributed by atoms with E-state index in [2.05, 4.69) is 25.2 Å². The zero-order chi connectivity index (χ0) is 22.6. The second-order valence-electron chi connectivity index (χ2n) is 6.21. The Morgan fingerprint density at radius 1 is 1.29 bits per heavy atom. The molecule has 2 aromatic heterocycles. The van der Waals surface area contributed by atoms with Crippen molar-refractivity contribution in [1.29, 1.82) is 0 Å². The number of aromatic amines is 1. The summed E-state index contributed by atoms with van der Waals surface area (Å²) in [4.78, 5) is 43.0. The van der Waals surface area contributed by atoms with Gasteiger partial charge in [-0.1, -0.05) is 30.3 Å². The highest BCUT2D eigenvalue weighted by atomic mass is 19.4. The van der Waals surface area contributed by atoms with Crippen LogP contribution < -0.4 is 21.3 Å². The predicted molar refractivity (Wildman–Crippen MR) is 98.4 cm³/mol. The maximum atomic E-state index is 12.5. The normalized spacial score (nSPS) is 11.4. The van der Waals surface area contributed by atoms with Gasteiger partial charge >= 0.3 is 12.1 Å². The highest BCUT2D eigenvalue weighted by molar-refractivity contribution is 5.92. The third-order valence-corrected chi connectivity index (χ3v) is 4.02. The van der Waals surface area contributed by atoms with Gasteiger partial charge in [-0.3, -0.25) is 14.2 Å². The smallest absolute Gasteiger partial charge is 0.405 e. The largest absolute Gasteiger partial charge is 0.573 e. The van der Waals surface area contributed by atoms with Crippen molar-refractivity contribution < 1.29 is 27.2 Å². The monoisotopic (exact) mass is 439 g/mol. The van der Waals surface area contributed by atoms with Crippen molar-refractivity contribution in [3.8, 4) is 5.75 Å². The molecule has 2 heterocycles. The van der Waals surface area contributed by atoms with E-state index in [4.69, 9.17) is 4.52 Å². The van der Waals surface area contributed by atoms with Gasteiger partial charge in [0.1, 0.15) is 18.0 Å². The third kappa shape index (κ3) is 5.58. The molecule has 0 unspecified atom stereocenters. The number of aromatic nitrogens is 4. The number of amides is 1. The molecule has 0 saturated heterocycles. The van der Waals surface area contributed by atoms with Gasteiger partial charge in [0.05, 0.1) is 0 Å². The fourth-order valence-corrected chi connectivity index (χ4v) is 2.57. The summed E-state index contributed by atoms with van der Waals surface area (Å²) in [5, 5.41) is 5.99. The van der Waals surface area contributed by atoms with Crippen LogP contribution in [0, 0.1) is 0 Å². The van der Waals surface area contributed by atoms with Crippen molar-refractivity contribution in [2.75, 3.05) is 0 Å². The highest BCUT2D eigenvalue weighted by Crippen LogP contribution is 2.26. The number of alkyl halides is 3. The van der Waals surface area contributed by atoms with Crippen LogP contribution in [0.3, 0.4) is 0 Å². The Morgan fingerprint density at radius 3 is 2.68 bits per heavy atom. The molecule has 0 bridgehead atoms. The molecule has 0 atom stereocenters. The lowest BCUT2D eigenvalue weighted by atomic mass is 10.2. The molecule has 0 aliphatic carbocycles. The van der Waals surface area contributed by atoms with Crippen molar-refractivity contribution in [2.45, 2.75) is 32.8 Å². The first-order chi connectivity index (χ1) is 14.7. The molecule has 0 radical (unpaired) electrons. The number of para-hydroxylation sites is 1. The van der Waals surface area contributed by atoms with Gasteiger partial charge in [0.15, 0.2) is 5.82 Å². The van der Waals surface area contributed by atoms with Crippen molar-refractivity contribution in [2.24, 2.45) is 0 Å². The van der Waals surface area contributed by atoms with E-state index in [1.807, 2.05) is 0 Å². The molecule has 13 heteroatoms. The van der Waals surface area contributed by atoms with E-state index in [-0.39, 0.29) is 30.2 Å². The number of benzene rings is 1. The SMILES string of the molecule is CCc1noc(Cn2c(=O)cc(C(=O)NCc3ccccc3OC(F)(F)F)[nH]c2=O)n1. The first-order valence-electron chi connectivity index (χ1n) is 8.93. The van der Waals surface area contributed by atoms with E-state index < -0.39 is 29.3 Å². The van der Waals surface area contributed by atoms with Crippen LogP contribution in [0.4, 0.5) is 13.2 Å². The van der Waals surface area contributed by atoms with Crippen LogP contribution >= 0.6 is 0 Å². The summed E-state index contributed by atoms with van der Waals surface area (Å²) in [7, 11) is 0. The summed E-state index contributed by atoms with van der Waals surface area (Å²) in [6.07, 6.45) is -4.39. The average molecular weight is 439 g/mol. The molecule has 0 saturated carbocycles. The van der Waals surface area contributed by atoms with Crippen LogP contribution in [0.15, 0.2) is 44.4 Å². The van der Waals surface area contributed by atoms with E-state index in [0.717, 1.165) is 16.7 Å². The van der Waals surface area contributed by atoms with Crippen LogP contribution in [0.1, 0.15) is 34.7 Å². The van der Waals surface area contributed by atoms with Crippen molar-refractivity contribution in [1.82, 2.24) is 25.0 Å². The van der Waals surface area contributed by atoms with Crippen LogP contribution in [-0.4, -0.2) is 32.0 Å². The molecular weight excluding hydrogens is 423 g/mol. The summed E-state index contributed by atoms with van der Waals surface area (Å²) in [6, 6.07) is 6.12. The summed E-state index contributed by atoms with van der Waals surface area (Å²) in [5.41, 5.74) is -2.01. The van der Waals surface area contributed by atoms with Crippen molar-refractivity contribution >= 4 is 5.91 Å². The van der Waals surface area contributed by atoms with E-state index >= 15 is 0 Å². The number of H-pyrrole nitrogens is 1. The van der Waals surface area contributed by atoms with Gasteiger partial charge in [0.25, 0.3) is 11.5 Å². The summed E-state index contributed by atoms with van der Waals surface area (Å²) < 4.78 is 47.1. The number of rotatable bonds is 7.